The lowest BCUT2D eigenvalue weighted by molar-refractivity contribution is -0.126. The van der Waals surface area contributed by atoms with Crippen molar-refractivity contribution in [2.24, 2.45) is 5.92 Å². The summed E-state index contributed by atoms with van der Waals surface area (Å²) >= 11 is 0. The average Bonchev–Trinajstić information content (AvgIpc) is 3.13. The summed E-state index contributed by atoms with van der Waals surface area (Å²) in [5.41, 5.74) is 0.738. The summed E-state index contributed by atoms with van der Waals surface area (Å²) in [6.07, 6.45) is 0.197. The predicted octanol–water partition coefficient (Wildman–Crippen LogP) is 2.25. The van der Waals surface area contributed by atoms with Crippen molar-refractivity contribution in [2.75, 3.05) is 38.8 Å². The normalized spacial score (nSPS) is 16.0. The third kappa shape index (κ3) is 4.73. The van der Waals surface area contributed by atoms with Gasteiger partial charge in [0, 0.05) is 24.7 Å². The summed E-state index contributed by atoms with van der Waals surface area (Å²) in [6, 6.07) is 14.5. The van der Waals surface area contributed by atoms with Crippen molar-refractivity contribution in [3.63, 3.8) is 0 Å². The van der Waals surface area contributed by atoms with Crippen LogP contribution in [0.15, 0.2) is 48.5 Å². The van der Waals surface area contributed by atoms with Crippen LogP contribution in [0.4, 0.5) is 5.69 Å². The average molecular weight is 384 g/mol. The molecule has 1 unspecified atom stereocenters. The van der Waals surface area contributed by atoms with Gasteiger partial charge in [0.05, 0.1) is 26.7 Å². The van der Waals surface area contributed by atoms with Gasteiger partial charge in [0.15, 0.2) is 0 Å². The molecule has 0 bridgehead atoms. The van der Waals surface area contributed by atoms with E-state index in [1.54, 1.807) is 25.2 Å². The van der Waals surface area contributed by atoms with Crippen LogP contribution in [0.25, 0.3) is 0 Å². The second-order valence-corrected chi connectivity index (χ2v) is 6.42. The number of anilines is 1. The fourth-order valence-corrected chi connectivity index (χ4v) is 3.07. The zero-order valence-electron chi connectivity index (χ0n) is 16.0. The summed E-state index contributed by atoms with van der Waals surface area (Å²) in [5.74, 6) is 1.55. The van der Waals surface area contributed by atoms with E-state index in [2.05, 4.69) is 5.32 Å². The van der Waals surface area contributed by atoms with E-state index in [0.717, 1.165) is 11.4 Å². The van der Waals surface area contributed by atoms with Gasteiger partial charge in [-0.3, -0.25) is 9.59 Å². The van der Waals surface area contributed by atoms with Gasteiger partial charge in [0.1, 0.15) is 23.9 Å². The third-order valence-electron chi connectivity index (χ3n) is 4.59. The van der Waals surface area contributed by atoms with Crippen molar-refractivity contribution in [3.05, 3.63) is 48.5 Å². The van der Waals surface area contributed by atoms with Crippen LogP contribution in [0, 0.1) is 5.92 Å². The first-order chi connectivity index (χ1) is 13.6. The Morgan fingerprint density at radius 2 is 1.79 bits per heavy atom. The van der Waals surface area contributed by atoms with Gasteiger partial charge in [0.2, 0.25) is 11.8 Å². The number of nitrogens with zero attached hydrogens (tertiary/aromatic N) is 1. The maximum absolute atomic E-state index is 12.4. The van der Waals surface area contributed by atoms with Gasteiger partial charge in [-0.05, 0) is 36.4 Å². The molecule has 1 saturated heterocycles. The highest BCUT2D eigenvalue weighted by molar-refractivity contribution is 6.00. The van der Waals surface area contributed by atoms with E-state index in [4.69, 9.17) is 14.2 Å². The first kappa shape index (κ1) is 19.5. The molecule has 1 aliphatic rings. The third-order valence-corrected chi connectivity index (χ3v) is 4.59. The van der Waals surface area contributed by atoms with Gasteiger partial charge >= 0.3 is 0 Å². The van der Waals surface area contributed by atoms with Crippen molar-refractivity contribution in [3.8, 4) is 17.2 Å². The standard InChI is InChI=1S/C21H24N2O5/c1-26-17-6-8-18(9-7-17)28-11-10-22-21(25)15-12-20(24)23(14-15)16-4-3-5-19(13-16)27-2/h3-9,13,15H,10-12,14H2,1-2H3,(H,22,25). The Bertz CT molecular complexity index is 822. The highest BCUT2D eigenvalue weighted by atomic mass is 16.5. The van der Waals surface area contributed by atoms with Crippen LogP contribution < -0.4 is 24.4 Å². The molecule has 0 aromatic heterocycles. The molecule has 1 N–H and O–H groups in total. The Kier molecular flexibility index (Phi) is 6.37. The van der Waals surface area contributed by atoms with Crippen LogP contribution in [0.5, 0.6) is 17.2 Å². The van der Waals surface area contributed by atoms with Crippen LogP contribution in [0.2, 0.25) is 0 Å². The fraction of sp³-hybridized carbons (Fsp3) is 0.333. The number of carbonyl (C=O) groups excluding carboxylic acids is 2. The molecule has 1 aliphatic heterocycles. The molecule has 148 valence electrons. The number of hydrogen-bond acceptors (Lipinski definition) is 5. The van der Waals surface area contributed by atoms with Gasteiger partial charge in [-0.15, -0.1) is 0 Å². The van der Waals surface area contributed by atoms with E-state index in [-0.39, 0.29) is 24.2 Å². The fourth-order valence-electron chi connectivity index (χ4n) is 3.07. The monoisotopic (exact) mass is 384 g/mol. The predicted molar refractivity (Wildman–Crippen MR) is 105 cm³/mol. The largest absolute Gasteiger partial charge is 0.497 e. The number of methoxy groups -OCH3 is 2. The maximum Gasteiger partial charge on any atom is 0.227 e. The second kappa shape index (κ2) is 9.12. The van der Waals surface area contributed by atoms with Crippen molar-refractivity contribution < 1.29 is 23.8 Å². The molecule has 1 fully saturated rings. The topological polar surface area (TPSA) is 77.1 Å². The van der Waals surface area contributed by atoms with E-state index < -0.39 is 0 Å². The second-order valence-electron chi connectivity index (χ2n) is 6.42. The SMILES string of the molecule is COc1ccc(OCCNC(=O)C2CC(=O)N(c3cccc(OC)c3)C2)cc1. The van der Waals surface area contributed by atoms with E-state index in [1.165, 1.54) is 0 Å². The molecule has 0 saturated carbocycles. The lowest BCUT2D eigenvalue weighted by Gasteiger charge is -2.17. The number of hydrogen-bond donors (Lipinski definition) is 1. The molecule has 7 nitrogen and oxygen atoms in total. The zero-order valence-corrected chi connectivity index (χ0v) is 16.0. The van der Waals surface area contributed by atoms with Gasteiger partial charge in [0.25, 0.3) is 0 Å². The molecule has 1 atom stereocenters. The number of amides is 2. The molecule has 0 aliphatic carbocycles. The molecule has 3 rings (SSSR count). The molecule has 2 amide bonds. The zero-order chi connectivity index (χ0) is 19.9. The summed E-state index contributed by atoms with van der Waals surface area (Å²) in [6.45, 7) is 1.07. The van der Waals surface area contributed by atoms with Crippen molar-refractivity contribution in [1.29, 1.82) is 0 Å². The maximum atomic E-state index is 12.4. The summed E-state index contributed by atoms with van der Waals surface area (Å²) in [7, 11) is 3.18. The molecule has 0 radical (unpaired) electrons. The molecule has 28 heavy (non-hydrogen) atoms. The molecule has 2 aromatic rings. The molecular weight excluding hydrogens is 360 g/mol. The summed E-state index contributed by atoms with van der Waals surface area (Å²) < 4.78 is 15.9. The van der Waals surface area contributed by atoms with E-state index in [0.29, 0.717) is 31.2 Å². The van der Waals surface area contributed by atoms with Gasteiger partial charge in [-0.1, -0.05) is 6.07 Å². The first-order valence-electron chi connectivity index (χ1n) is 9.09. The Labute approximate surface area is 164 Å². The highest BCUT2D eigenvalue weighted by Gasteiger charge is 2.35. The van der Waals surface area contributed by atoms with Crippen molar-refractivity contribution >= 4 is 17.5 Å². The van der Waals surface area contributed by atoms with Crippen molar-refractivity contribution in [1.82, 2.24) is 5.32 Å². The number of rotatable bonds is 8. The number of carbonyl (C=O) groups is 2. The first-order valence-corrected chi connectivity index (χ1v) is 9.09. The Morgan fingerprint density at radius 1 is 1.07 bits per heavy atom. The quantitative estimate of drug-likeness (QED) is 0.707. The van der Waals surface area contributed by atoms with E-state index >= 15 is 0 Å². The van der Waals surface area contributed by atoms with Crippen LogP contribution in [0.1, 0.15) is 6.42 Å². The van der Waals surface area contributed by atoms with Crippen LogP contribution in [0.3, 0.4) is 0 Å². The molecule has 1 heterocycles. The highest BCUT2D eigenvalue weighted by Crippen LogP contribution is 2.28. The minimum absolute atomic E-state index is 0.0668. The minimum atomic E-state index is -0.375. The lowest BCUT2D eigenvalue weighted by Crippen LogP contribution is -2.35. The Balaban J connectivity index is 1.46. The molecular formula is C21H24N2O5. The van der Waals surface area contributed by atoms with E-state index in [9.17, 15) is 9.59 Å². The summed E-state index contributed by atoms with van der Waals surface area (Å²) in [4.78, 5) is 26.4. The molecule has 0 spiro atoms. The van der Waals surface area contributed by atoms with Gasteiger partial charge in [-0.25, -0.2) is 0 Å². The minimum Gasteiger partial charge on any atom is -0.497 e. The summed E-state index contributed by atoms with van der Waals surface area (Å²) in [5, 5.41) is 2.84. The number of ether oxygens (including phenoxy) is 3. The molecule has 2 aromatic carbocycles. The van der Waals surface area contributed by atoms with Crippen LogP contribution in [-0.2, 0) is 9.59 Å². The van der Waals surface area contributed by atoms with Gasteiger partial charge < -0.3 is 24.4 Å². The van der Waals surface area contributed by atoms with Crippen molar-refractivity contribution in [2.45, 2.75) is 6.42 Å². The number of benzene rings is 2. The van der Waals surface area contributed by atoms with Gasteiger partial charge in [-0.2, -0.15) is 0 Å². The molecule has 7 heteroatoms. The van der Waals surface area contributed by atoms with Crippen LogP contribution >= 0.6 is 0 Å². The number of nitrogens with one attached hydrogen (secondary N) is 1. The lowest BCUT2D eigenvalue weighted by atomic mass is 10.1. The van der Waals surface area contributed by atoms with Crippen LogP contribution in [-0.4, -0.2) is 45.7 Å². The Hall–Kier alpha value is -3.22. The smallest absolute Gasteiger partial charge is 0.227 e. The Morgan fingerprint density at radius 3 is 2.50 bits per heavy atom. The van der Waals surface area contributed by atoms with E-state index in [1.807, 2.05) is 42.5 Å².